The maximum absolute atomic E-state index is 15.4. The fourth-order valence-corrected chi connectivity index (χ4v) is 5.88. The lowest BCUT2D eigenvalue weighted by molar-refractivity contribution is 0.0980. The van der Waals surface area contributed by atoms with E-state index in [0.29, 0.717) is 33.6 Å². The molecule has 0 fully saturated rings. The van der Waals surface area contributed by atoms with E-state index in [0.717, 1.165) is 0 Å². The van der Waals surface area contributed by atoms with Crippen LogP contribution in [0.2, 0.25) is 5.02 Å². The summed E-state index contributed by atoms with van der Waals surface area (Å²) >= 11 is 12.5. The Hall–Kier alpha value is -3.67. The Morgan fingerprint density at radius 2 is 2.05 bits per heavy atom. The number of anilines is 1. The van der Waals surface area contributed by atoms with E-state index >= 15 is 4.39 Å². The summed E-state index contributed by atoms with van der Waals surface area (Å²) in [5, 5.41) is 9.76. The van der Waals surface area contributed by atoms with Gasteiger partial charge in [-0.3, -0.25) is 14.7 Å². The van der Waals surface area contributed by atoms with Crippen molar-refractivity contribution in [2.75, 3.05) is 12.0 Å². The number of nitrogens with zero attached hydrogens (tertiary/aromatic N) is 5. The molecule has 0 spiro atoms. The first kappa shape index (κ1) is 26.9. The molecule has 39 heavy (non-hydrogen) atoms. The number of rotatable bonds is 6. The van der Waals surface area contributed by atoms with Gasteiger partial charge < -0.3 is 9.30 Å². The summed E-state index contributed by atoms with van der Waals surface area (Å²) in [5.74, 6) is -0.414. The number of nitriles is 1. The second-order valence-corrected chi connectivity index (χ2v) is 10.7. The zero-order chi connectivity index (χ0) is 28.0. The summed E-state index contributed by atoms with van der Waals surface area (Å²) in [6.45, 7) is 6.01. The Morgan fingerprint density at radius 3 is 2.72 bits per heavy atom. The molecule has 0 radical (unpaired) electrons. The third kappa shape index (κ3) is 4.50. The number of allylic oxidation sites excluding steroid dienone is 3. The van der Waals surface area contributed by atoms with E-state index in [1.165, 1.54) is 18.1 Å². The highest BCUT2D eigenvalue weighted by atomic mass is 35.5. The normalized spacial score (nSPS) is 20.3. The summed E-state index contributed by atoms with van der Waals surface area (Å²) in [7, 11) is 1.53. The Bertz CT molecular complexity index is 1570. The number of amides is 1. The van der Waals surface area contributed by atoms with Crippen LogP contribution in [-0.2, 0) is 6.42 Å². The number of pyridine rings is 1. The van der Waals surface area contributed by atoms with E-state index in [2.05, 4.69) is 11.1 Å². The van der Waals surface area contributed by atoms with Gasteiger partial charge in [-0.05, 0) is 44.0 Å². The predicted molar refractivity (Wildman–Crippen MR) is 148 cm³/mol. The number of benzene rings is 1. The second kappa shape index (κ2) is 10.5. The molecule has 0 bridgehead atoms. The van der Waals surface area contributed by atoms with Crippen molar-refractivity contribution in [1.29, 1.82) is 5.26 Å². The molecule has 0 saturated carbocycles. The Labute approximate surface area is 236 Å². The van der Waals surface area contributed by atoms with Crippen molar-refractivity contribution >= 4 is 34.8 Å². The highest BCUT2D eigenvalue weighted by Crippen LogP contribution is 2.49. The van der Waals surface area contributed by atoms with Gasteiger partial charge in [0.2, 0.25) is 0 Å². The number of carbonyl (C=O) groups is 1. The zero-order valence-corrected chi connectivity index (χ0v) is 23.3. The largest absolute Gasteiger partial charge is 0.494 e. The minimum absolute atomic E-state index is 0.0624. The number of hydrogen-bond donors (Lipinski definition) is 0. The minimum Gasteiger partial charge on any atom is -0.494 e. The molecule has 2 aliphatic rings. The Morgan fingerprint density at radius 1 is 1.28 bits per heavy atom. The molecule has 0 N–H and O–H groups in total. The van der Waals surface area contributed by atoms with Gasteiger partial charge in [0.05, 0.1) is 59.5 Å². The van der Waals surface area contributed by atoms with Crippen LogP contribution in [0.4, 0.5) is 10.1 Å². The number of halogens is 3. The summed E-state index contributed by atoms with van der Waals surface area (Å²) in [4.78, 5) is 24.7. The number of imidazole rings is 1. The van der Waals surface area contributed by atoms with Crippen molar-refractivity contribution in [2.24, 2.45) is 11.8 Å². The molecular weight excluding hydrogens is 540 g/mol. The van der Waals surface area contributed by atoms with Crippen LogP contribution in [0.15, 0.2) is 53.7 Å². The van der Waals surface area contributed by atoms with E-state index in [4.69, 9.17) is 32.9 Å². The monoisotopic (exact) mass is 565 g/mol. The van der Waals surface area contributed by atoms with Crippen LogP contribution in [0.5, 0.6) is 5.75 Å². The van der Waals surface area contributed by atoms with Crippen molar-refractivity contribution in [1.82, 2.24) is 14.5 Å². The van der Waals surface area contributed by atoms with Crippen molar-refractivity contribution < 1.29 is 13.9 Å². The molecule has 2 aromatic heterocycles. The van der Waals surface area contributed by atoms with E-state index in [-0.39, 0.29) is 40.7 Å². The van der Waals surface area contributed by atoms with E-state index < -0.39 is 17.8 Å². The highest BCUT2D eigenvalue weighted by molar-refractivity contribution is 6.31. The fraction of sp³-hybridized carbons (Fsp3) is 0.310. The molecule has 2 unspecified atom stereocenters. The molecular formula is C29H26Cl2FN5O2. The predicted octanol–water partition coefficient (Wildman–Crippen LogP) is 7.04. The molecule has 7 nitrogen and oxygen atoms in total. The summed E-state index contributed by atoms with van der Waals surface area (Å²) in [6.07, 6.45) is 7.36. The van der Waals surface area contributed by atoms with Crippen LogP contribution < -0.4 is 9.64 Å². The lowest BCUT2D eigenvalue weighted by Crippen LogP contribution is -2.36. The lowest BCUT2D eigenvalue weighted by Gasteiger charge is -2.36. The molecule has 3 aromatic rings. The highest BCUT2D eigenvalue weighted by Gasteiger charge is 2.49. The van der Waals surface area contributed by atoms with Gasteiger partial charge in [0, 0.05) is 17.0 Å². The number of fused-ring (bicyclic) bond motifs is 1. The molecule has 0 saturated heterocycles. The van der Waals surface area contributed by atoms with Crippen molar-refractivity contribution in [3.05, 3.63) is 81.6 Å². The number of ether oxygens (including phenoxy) is 1. The van der Waals surface area contributed by atoms with Crippen molar-refractivity contribution in [3.8, 4) is 23.2 Å². The van der Waals surface area contributed by atoms with Gasteiger partial charge in [0.15, 0.2) is 11.5 Å². The Balaban J connectivity index is 1.78. The molecule has 3 heterocycles. The van der Waals surface area contributed by atoms with Crippen LogP contribution in [-0.4, -0.2) is 27.6 Å². The maximum atomic E-state index is 15.4. The lowest BCUT2D eigenvalue weighted by atomic mass is 9.82. The first-order valence-corrected chi connectivity index (χ1v) is 13.3. The van der Waals surface area contributed by atoms with Crippen LogP contribution >= 0.6 is 23.2 Å². The summed E-state index contributed by atoms with van der Waals surface area (Å²) < 4.78 is 23.0. The van der Waals surface area contributed by atoms with Gasteiger partial charge in [-0.2, -0.15) is 5.26 Å². The average molecular weight is 566 g/mol. The second-order valence-electron chi connectivity index (χ2n) is 9.88. The first-order valence-electron chi connectivity index (χ1n) is 12.5. The topological polar surface area (TPSA) is 84.0 Å². The van der Waals surface area contributed by atoms with Crippen LogP contribution in [0.25, 0.3) is 11.4 Å². The van der Waals surface area contributed by atoms with Crippen molar-refractivity contribution in [3.63, 3.8) is 0 Å². The standard InChI is InChI=1S/C29H26Cl2FN5O2/c1-15(2)36-27-25(35-28(36)20-13-18(10-11-33)34-14-23(20)39-4)29(38)37(22-7-5-6-21(31)24(22)32)26(27)19-9-8-17(30)12-16(19)3/h5-9,12-16,19,26H,10H2,1-4H3/t16?,19?,26-/m1/s1. The van der Waals surface area contributed by atoms with E-state index in [1.807, 2.05) is 37.5 Å². The average Bonchev–Trinajstić information content (AvgIpc) is 3.41. The summed E-state index contributed by atoms with van der Waals surface area (Å²) in [6, 6.07) is 7.78. The number of methoxy groups -OCH3 is 1. The van der Waals surface area contributed by atoms with Gasteiger partial charge >= 0.3 is 0 Å². The first-order chi connectivity index (χ1) is 18.7. The van der Waals surface area contributed by atoms with Crippen LogP contribution in [0, 0.1) is 29.0 Å². The third-order valence-corrected chi connectivity index (χ3v) is 7.70. The molecule has 5 rings (SSSR count). The van der Waals surface area contributed by atoms with Crippen molar-refractivity contribution in [2.45, 2.75) is 39.3 Å². The number of carbonyl (C=O) groups excluding carboxylic acids is 1. The molecule has 1 aromatic carbocycles. The molecule has 10 heteroatoms. The van der Waals surface area contributed by atoms with Gasteiger partial charge in [-0.1, -0.05) is 48.3 Å². The third-order valence-electron chi connectivity index (χ3n) is 7.15. The smallest absolute Gasteiger partial charge is 0.279 e. The van der Waals surface area contributed by atoms with Gasteiger partial charge in [-0.25, -0.2) is 9.37 Å². The molecule has 3 atom stereocenters. The van der Waals surface area contributed by atoms with Gasteiger partial charge in [0.1, 0.15) is 11.6 Å². The maximum Gasteiger partial charge on any atom is 0.279 e. The molecule has 1 aliphatic carbocycles. The summed E-state index contributed by atoms with van der Waals surface area (Å²) in [5.41, 5.74) is 2.15. The number of aromatic nitrogens is 3. The SMILES string of the molecule is COc1cnc(CC#N)cc1-c1nc2c(n1C(C)C)[C@@H](C1C=CC(Cl)=CC1C)N(c1cccc(Cl)c1F)C2=O. The zero-order valence-electron chi connectivity index (χ0n) is 21.8. The van der Waals surface area contributed by atoms with Crippen LogP contribution in [0.3, 0.4) is 0 Å². The quantitative estimate of drug-likeness (QED) is 0.320. The van der Waals surface area contributed by atoms with Gasteiger partial charge in [0.25, 0.3) is 5.91 Å². The minimum atomic E-state index is -0.669. The van der Waals surface area contributed by atoms with Gasteiger partial charge in [-0.15, -0.1) is 0 Å². The molecule has 1 aliphatic heterocycles. The molecule has 200 valence electrons. The van der Waals surface area contributed by atoms with E-state index in [9.17, 15) is 10.1 Å². The van der Waals surface area contributed by atoms with E-state index in [1.54, 1.807) is 30.5 Å². The van der Waals surface area contributed by atoms with Crippen LogP contribution in [0.1, 0.15) is 54.7 Å². The Kier molecular flexibility index (Phi) is 7.23. The molecule has 1 amide bonds. The fourth-order valence-electron chi connectivity index (χ4n) is 5.44. The number of hydrogen-bond acceptors (Lipinski definition) is 5.